The molecule has 0 saturated heterocycles. The molecule has 2 aliphatic rings. The van der Waals surface area contributed by atoms with E-state index in [0.29, 0.717) is 18.9 Å². The van der Waals surface area contributed by atoms with E-state index in [1.165, 1.54) is 4.31 Å². The molecule has 4 rings (SSSR count). The third kappa shape index (κ3) is 5.71. The highest BCUT2D eigenvalue weighted by Gasteiger charge is 2.38. The predicted octanol–water partition coefficient (Wildman–Crippen LogP) is 3.69. The summed E-state index contributed by atoms with van der Waals surface area (Å²) >= 11 is 0. The molecular formula is C27H36N2O5S. The zero-order chi connectivity index (χ0) is 25.3. The number of amides is 1. The first-order valence-electron chi connectivity index (χ1n) is 12.3. The molecule has 190 valence electrons. The van der Waals surface area contributed by atoms with Gasteiger partial charge in [-0.05, 0) is 55.9 Å². The van der Waals surface area contributed by atoms with E-state index in [9.17, 15) is 18.3 Å². The Hall–Kier alpha value is -2.42. The van der Waals surface area contributed by atoms with Crippen molar-refractivity contribution in [1.29, 1.82) is 0 Å². The number of carbonyl (C=O) groups excluding carboxylic acids is 1. The fourth-order valence-electron chi connectivity index (χ4n) is 4.47. The Kier molecular flexibility index (Phi) is 7.54. The standard InChI is InChI=1S/C27H36N2O5S/c1-18-5-9-22(10-6-18)23-11-12-26-24(14-23)34-25(16-28(4)27(31)13-21-7-8-21)19(2)15-29(20(3)17-30)35(26,32)33/h5-6,9-12,14,19-21,25,30H,7-8,13,15-17H2,1-4H3/t19-,20+,25+/m0/s1. The number of rotatable bonds is 7. The van der Waals surface area contributed by atoms with E-state index in [1.54, 1.807) is 37.1 Å². The van der Waals surface area contributed by atoms with Crippen LogP contribution in [0.2, 0.25) is 0 Å². The van der Waals surface area contributed by atoms with E-state index in [0.717, 1.165) is 29.5 Å². The average molecular weight is 501 g/mol. The Morgan fingerprint density at radius 2 is 1.83 bits per heavy atom. The molecule has 1 saturated carbocycles. The third-order valence-electron chi connectivity index (χ3n) is 7.09. The fraction of sp³-hybridized carbons (Fsp3) is 0.519. The third-order valence-corrected chi connectivity index (χ3v) is 9.11. The van der Waals surface area contributed by atoms with Crippen molar-refractivity contribution in [3.8, 4) is 16.9 Å². The molecule has 1 heterocycles. The van der Waals surface area contributed by atoms with E-state index < -0.39 is 22.2 Å². The quantitative estimate of drug-likeness (QED) is 0.627. The molecule has 2 aromatic carbocycles. The molecule has 1 amide bonds. The van der Waals surface area contributed by atoms with Gasteiger partial charge in [0.1, 0.15) is 16.7 Å². The van der Waals surface area contributed by atoms with Crippen molar-refractivity contribution in [2.24, 2.45) is 11.8 Å². The van der Waals surface area contributed by atoms with Crippen LogP contribution in [0.3, 0.4) is 0 Å². The van der Waals surface area contributed by atoms with Crippen LogP contribution in [0.15, 0.2) is 47.4 Å². The number of nitrogens with zero attached hydrogens (tertiary/aromatic N) is 2. The molecule has 2 aromatic rings. The number of benzene rings is 2. The van der Waals surface area contributed by atoms with Gasteiger partial charge in [-0.1, -0.05) is 42.8 Å². The van der Waals surface area contributed by atoms with Crippen molar-refractivity contribution < 1.29 is 23.1 Å². The highest BCUT2D eigenvalue weighted by Crippen LogP contribution is 2.37. The first-order valence-corrected chi connectivity index (χ1v) is 13.8. The number of hydrogen-bond acceptors (Lipinski definition) is 5. The molecule has 1 N–H and O–H groups in total. The lowest BCUT2D eigenvalue weighted by molar-refractivity contribution is -0.131. The smallest absolute Gasteiger partial charge is 0.247 e. The number of aliphatic hydroxyl groups excluding tert-OH is 1. The van der Waals surface area contributed by atoms with Gasteiger partial charge in [-0.3, -0.25) is 4.79 Å². The number of aliphatic hydroxyl groups is 1. The maximum Gasteiger partial charge on any atom is 0.247 e. The molecule has 35 heavy (non-hydrogen) atoms. The lowest BCUT2D eigenvalue weighted by atomic mass is 10.0. The summed E-state index contributed by atoms with van der Waals surface area (Å²) in [6.07, 6.45) is 2.36. The first kappa shape index (κ1) is 25.7. The Morgan fingerprint density at radius 1 is 1.17 bits per heavy atom. The normalized spacial score (nSPS) is 22.9. The van der Waals surface area contributed by atoms with Gasteiger partial charge in [0.25, 0.3) is 0 Å². The van der Waals surface area contributed by atoms with Crippen LogP contribution in [0.5, 0.6) is 5.75 Å². The van der Waals surface area contributed by atoms with Crippen LogP contribution < -0.4 is 4.74 Å². The fourth-order valence-corrected chi connectivity index (χ4v) is 6.29. The van der Waals surface area contributed by atoms with Gasteiger partial charge in [0.15, 0.2) is 0 Å². The molecule has 1 aliphatic heterocycles. The summed E-state index contributed by atoms with van der Waals surface area (Å²) in [6.45, 7) is 5.93. The second kappa shape index (κ2) is 10.3. The molecule has 0 unspecified atom stereocenters. The van der Waals surface area contributed by atoms with Crippen molar-refractivity contribution in [3.63, 3.8) is 0 Å². The first-order chi connectivity index (χ1) is 16.6. The Labute approximate surface area is 208 Å². The summed E-state index contributed by atoms with van der Waals surface area (Å²) in [5.41, 5.74) is 2.95. The number of ether oxygens (including phenoxy) is 1. The molecule has 1 aliphatic carbocycles. The van der Waals surface area contributed by atoms with Crippen LogP contribution in [-0.2, 0) is 14.8 Å². The van der Waals surface area contributed by atoms with Gasteiger partial charge < -0.3 is 14.7 Å². The summed E-state index contributed by atoms with van der Waals surface area (Å²) in [6, 6.07) is 12.6. The van der Waals surface area contributed by atoms with Crippen molar-refractivity contribution >= 4 is 15.9 Å². The second-order valence-corrected chi connectivity index (χ2v) is 12.0. The topological polar surface area (TPSA) is 87.2 Å². The lowest BCUT2D eigenvalue weighted by Crippen LogP contribution is -2.50. The minimum absolute atomic E-state index is 0.0810. The van der Waals surface area contributed by atoms with Gasteiger partial charge in [-0.2, -0.15) is 4.31 Å². The van der Waals surface area contributed by atoms with Crippen LogP contribution in [0.4, 0.5) is 0 Å². The van der Waals surface area contributed by atoms with Gasteiger partial charge in [0.05, 0.1) is 13.2 Å². The Bertz CT molecular complexity index is 1160. The monoisotopic (exact) mass is 500 g/mol. The van der Waals surface area contributed by atoms with Crippen LogP contribution in [0.1, 0.15) is 38.7 Å². The van der Waals surface area contributed by atoms with E-state index >= 15 is 0 Å². The van der Waals surface area contributed by atoms with E-state index in [2.05, 4.69) is 0 Å². The van der Waals surface area contributed by atoms with Gasteiger partial charge in [0, 0.05) is 32.0 Å². The number of carbonyl (C=O) groups is 1. The summed E-state index contributed by atoms with van der Waals surface area (Å²) in [5.74, 6) is 0.653. The highest BCUT2D eigenvalue weighted by atomic mass is 32.2. The highest BCUT2D eigenvalue weighted by molar-refractivity contribution is 7.89. The maximum absolute atomic E-state index is 13.7. The summed E-state index contributed by atoms with van der Waals surface area (Å²) < 4.78 is 35.1. The van der Waals surface area contributed by atoms with E-state index in [4.69, 9.17) is 4.74 Å². The summed E-state index contributed by atoms with van der Waals surface area (Å²) in [4.78, 5) is 14.5. The molecule has 3 atom stereocenters. The lowest BCUT2D eigenvalue weighted by Gasteiger charge is -2.37. The average Bonchev–Trinajstić information content (AvgIpc) is 3.65. The molecule has 0 bridgehead atoms. The molecule has 0 aromatic heterocycles. The molecular weight excluding hydrogens is 464 g/mol. The minimum atomic E-state index is -3.90. The van der Waals surface area contributed by atoms with Crippen LogP contribution in [0, 0.1) is 18.8 Å². The zero-order valence-corrected chi connectivity index (χ0v) is 21.8. The van der Waals surface area contributed by atoms with Gasteiger partial charge in [-0.15, -0.1) is 0 Å². The molecule has 0 radical (unpaired) electrons. The second-order valence-electron chi connectivity index (χ2n) is 10.2. The number of fused-ring (bicyclic) bond motifs is 1. The van der Waals surface area contributed by atoms with Crippen LogP contribution in [0.25, 0.3) is 11.1 Å². The van der Waals surface area contributed by atoms with Crippen LogP contribution >= 0.6 is 0 Å². The number of likely N-dealkylation sites (N-methyl/N-ethyl adjacent to an activating group) is 1. The molecule has 1 fully saturated rings. The summed E-state index contributed by atoms with van der Waals surface area (Å²) in [5, 5.41) is 9.81. The van der Waals surface area contributed by atoms with Crippen molar-refractivity contribution in [2.75, 3.05) is 26.7 Å². The molecule has 7 nitrogen and oxygen atoms in total. The van der Waals surface area contributed by atoms with E-state index in [-0.39, 0.29) is 35.6 Å². The van der Waals surface area contributed by atoms with Crippen LogP contribution in [-0.4, -0.2) is 67.5 Å². The molecule has 8 heteroatoms. The molecule has 0 spiro atoms. The minimum Gasteiger partial charge on any atom is -0.487 e. The summed E-state index contributed by atoms with van der Waals surface area (Å²) in [7, 11) is -2.11. The largest absolute Gasteiger partial charge is 0.487 e. The Morgan fingerprint density at radius 3 is 2.46 bits per heavy atom. The number of sulfonamides is 1. The van der Waals surface area contributed by atoms with Gasteiger partial charge >= 0.3 is 0 Å². The number of aryl methyl sites for hydroxylation is 1. The Balaban J connectivity index is 1.72. The van der Waals surface area contributed by atoms with Gasteiger partial charge in [-0.25, -0.2) is 8.42 Å². The van der Waals surface area contributed by atoms with Crippen molar-refractivity contribution in [3.05, 3.63) is 48.0 Å². The van der Waals surface area contributed by atoms with Crippen molar-refractivity contribution in [2.45, 2.75) is 57.1 Å². The van der Waals surface area contributed by atoms with E-state index in [1.807, 2.05) is 38.1 Å². The van der Waals surface area contributed by atoms with Gasteiger partial charge in [0.2, 0.25) is 15.9 Å². The van der Waals surface area contributed by atoms with Crippen molar-refractivity contribution in [1.82, 2.24) is 9.21 Å². The SMILES string of the molecule is Cc1ccc(-c2ccc3c(c2)O[C@H](CN(C)C(=O)CC2CC2)[C@@H](C)CN([C@H](C)CO)S3(=O)=O)cc1. The predicted molar refractivity (Wildman–Crippen MR) is 136 cm³/mol. The maximum atomic E-state index is 13.7. The zero-order valence-electron chi connectivity index (χ0n) is 21.0. The number of hydrogen-bond donors (Lipinski definition) is 1.